The first-order valence-electron chi connectivity index (χ1n) is 5.30. The third-order valence-electron chi connectivity index (χ3n) is 2.54. The molecule has 2 heterocycles. The van der Waals surface area contributed by atoms with Gasteiger partial charge in [-0.1, -0.05) is 0 Å². The molecule has 0 atom stereocenters. The van der Waals surface area contributed by atoms with Crippen LogP contribution in [-0.4, -0.2) is 38.5 Å². The monoisotopic (exact) mass is 202 g/mol. The Morgan fingerprint density at radius 3 is 2.21 bits per heavy atom. The summed E-state index contributed by atoms with van der Waals surface area (Å²) in [5.41, 5.74) is 0. The molecule has 0 N–H and O–H groups in total. The molecule has 14 heavy (non-hydrogen) atoms. The number of rotatable bonds is 2. The lowest BCUT2D eigenvalue weighted by Gasteiger charge is -2.37. The van der Waals surface area contributed by atoms with Crippen molar-refractivity contribution in [3.8, 4) is 0 Å². The van der Waals surface area contributed by atoms with E-state index in [0.29, 0.717) is 6.42 Å². The van der Waals surface area contributed by atoms with E-state index in [-0.39, 0.29) is 6.29 Å². The van der Waals surface area contributed by atoms with Crippen LogP contribution in [0.1, 0.15) is 26.2 Å². The summed E-state index contributed by atoms with van der Waals surface area (Å²) in [5.74, 6) is -0.514. The molecule has 2 fully saturated rings. The van der Waals surface area contributed by atoms with Gasteiger partial charge in [-0.05, 0) is 19.8 Å². The van der Waals surface area contributed by atoms with Crippen molar-refractivity contribution < 1.29 is 18.9 Å². The minimum absolute atomic E-state index is 0.160. The van der Waals surface area contributed by atoms with Crippen molar-refractivity contribution in [2.75, 3.05) is 26.4 Å². The lowest BCUT2D eigenvalue weighted by Crippen LogP contribution is -2.42. The van der Waals surface area contributed by atoms with Crippen molar-refractivity contribution >= 4 is 0 Å². The van der Waals surface area contributed by atoms with Crippen LogP contribution >= 0.6 is 0 Å². The first kappa shape index (κ1) is 10.4. The van der Waals surface area contributed by atoms with Crippen molar-refractivity contribution in [3.05, 3.63) is 0 Å². The molecule has 4 nitrogen and oxygen atoms in total. The number of hydrogen-bond acceptors (Lipinski definition) is 4. The zero-order chi connectivity index (χ0) is 9.86. The molecule has 0 radical (unpaired) electrons. The Labute approximate surface area is 84.5 Å². The fourth-order valence-corrected chi connectivity index (χ4v) is 1.75. The molecule has 0 bridgehead atoms. The maximum Gasteiger partial charge on any atom is 0.170 e. The summed E-state index contributed by atoms with van der Waals surface area (Å²) in [6, 6.07) is 0. The molecule has 0 spiro atoms. The highest BCUT2D eigenvalue weighted by Crippen LogP contribution is 2.26. The summed E-state index contributed by atoms with van der Waals surface area (Å²) in [7, 11) is 0. The van der Waals surface area contributed by atoms with Crippen LogP contribution in [0.5, 0.6) is 0 Å². The maximum absolute atomic E-state index is 5.59. The molecule has 2 aliphatic heterocycles. The van der Waals surface area contributed by atoms with Crippen LogP contribution in [0.4, 0.5) is 0 Å². The molecule has 0 aromatic rings. The molecule has 2 saturated heterocycles. The molecule has 2 rings (SSSR count). The van der Waals surface area contributed by atoms with Gasteiger partial charge in [0, 0.05) is 0 Å². The number of hydrogen-bond donors (Lipinski definition) is 0. The summed E-state index contributed by atoms with van der Waals surface area (Å²) < 4.78 is 22.1. The standard InChI is InChI=1S/C10H18O4/c1-10(13-6-3-7-14-10)8-9-11-4-2-5-12-9/h9H,2-8H2,1H3. The largest absolute Gasteiger partial charge is 0.352 e. The quantitative estimate of drug-likeness (QED) is 0.676. The molecule has 4 heteroatoms. The maximum atomic E-state index is 5.59. The fourth-order valence-electron chi connectivity index (χ4n) is 1.75. The molecule has 0 saturated carbocycles. The molecule has 2 aliphatic rings. The Kier molecular flexibility index (Phi) is 3.38. The van der Waals surface area contributed by atoms with Gasteiger partial charge in [-0.15, -0.1) is 0 Å². The fraction of sp³-hybridized carbons (Fsp3) is 1.00. The smallest absolute Gasteiger partial charge is 0.170 e. The van der Waals surface area contributed by atoms with E-state index in [2.05, 4.69) is 0 Å². The minimum Gasteiger partial charge on any atom is -0.352 e. The van der Waals surface area contributed by atoms with E-state index in [1.54, 1.807) is 0 Å². The molecule has 82 valence electrons. The van der Waals surface area contributed by atoms with Crippen LogP contribution in [-0.2, 0) is 18.9 Å². The highest BCUT2D eigenvalue weighted by Gasteiger charge is 2.33. The average molecular weight is 202 g/mol. The van der Waals surface area contributed by atoms with Gasteiger partial charge in [0.2, 0.25) is 0 Å². The zero-order valence-corrected chi connectivity index (χ0v) is 8.66. The Morgan fingerprint density at radius 1 is 1.00 bits per heavy atom. The van der Waals surface area contributed by atoms with Gasteiger partial charge < -0.3 is 18.9 Å². The van der Waals surface area contributed by atoms with E-state index in [1.807, 2.05) is 6.92 Å². The first-order chi connectivity index (χ1) is 6.79. The highest BCUT2D eigenvalue weighted by molar-refractivity contribution is 4.70. The molecule has 0 aliphatic carbocycles. The van der Waals surface area contributed by atoms with E-state index in [4.69, 9.17) is 18.9 Å². The summed E-state index contributed by atoms with van der Waals surface area (Å²) in [4.78, 5) is 0. The van der Waals surface area contributed by atoms with Crippen molar-refractivity contribution in [2.24, 2.45) is 0 Å². The van der Waals surface area contributed by atoms with Crippen molar-refractivity contribution in [3.63, 3.8) is 0 Å². The van der Waals surface area contributed by atoms with Gasteiger partial charge in [0.15, 0.2) is 12.1 Å². The molecule has 0 aromatic carbocycles. The molecular formula is C10H18O4. The van der Waals surface area contributed by atoms with Crippen LogP contribution in [0.15, 0.2) is 0 Å². The topological polar surface area (TPSA) is 36.9 Å². The summed E-state index contributed by atoms with van der Waals surface area (Å²) in [6.45, 7) is 5.04. The summed E-state index contributed by atoms with van der Waals surface area (Å²) in [5, 5.41) is 0. The zero-order valence-electron chi connectivity index (χ0n) is 8.66. The van der Waals surface area contributed by atoms with Gasteiger partial charge in [-0.25, -0.2) is 0 Å². The van der Waals surface area contributed by atoms with E-state index >= 15 is 0 Å². The Bertz CT molecular complexity index is 171. The first-order valence-corrected chi connectivity index (χ1v) is 5.30. The second kappa shape index (κ2) is 4.57. The second-order valence-corrected chi connectivity index (χ2v) is 3.91. The third-order valence-corrected chi connectivity index (χ3v) is 2.54. The highest BCUT2D eigenvalue weighted by atomic mass is 16.7. The van der Waals surface area contributed by atoms with Crippen LogP contribution in [0.2, 0.25) is 0 Å². The van der Waals surface area contributed by atoms with Crippen LogP contribution in [0.25, 0.3) is 0 Å². The van der Waals surface area contributed by atoms with Crippen LogP contribution in [0, 0.1) is 0 Å². The van der Waals surface area contributed by atoms with E-state index in [9.17, 15) is 0 Å². The van der Waals surface area contributed by atoms with Gasteiger partial charge in [0.25, 0.3) is 0 Å². The lowest BCUT2D eigenvalue weighted by atomic mass is 10.2. The predicted molar refractivity (Wildman–Crippen MR) is 49.9 cm³/mol. The predicted octanol–water partition coefficient (Wildman–Crippen LogP) is 1.29. The number of ether oxygens (including phenoxy) is 4. The van der Waals surface area contributed by atoms with Crippen LogP contribution in [0.3, 0.4) is 0 Å². The minimum atomic E-state index is -0.514. The van der Waals surface area contributed by atoms with Gasteiger partial charge in [-0.3, -0.25) is 0 Å². The Balaban J connectivity index is 1.81. The van der Waals surface area contributed by atoms with Gasteiger partial charge in [-0.2, -0.15) is 0 Å². The average Bonchev–Trinajstić information content (AvgIpc) is 2.19. The Morgan fingerprint density at radius 2 is 1.57 bits per heavy atom. The summed E-state index contributed by atoms with van der Waals surface area (Å²) in [6.07, 6.45) is 2.45. The lowest BCUT2D eigenvalue weighted by molar-refractivity contribution is -0.296. The second-order valence-electron chi connectivity index (χ2n) is 3.91. The molecule has 0 unspecified atom stereocenters. The Hall–Kier alpha value is -0.160. The van der Waals surface area contributed by atoms with E-state index in [0.717, 1.165) is 39.3 Å². The molecular weight excluding hydrogens is 184 g/mol. The van der Waals surface area contributed by atoms with Gasteiger partial charge >= 0.3 is 0 Å². The van der Waals surface area contributed by atoms with Gasteiger partial charge in [0.1, 0.15) is 0 Å². The van der Waals surface area contributed by atoms with Gasteiger partial charge in [0.05, 0.1) is 32.8 Å². The van der Waals surface area contributed by atoms with Crippen molar-refractivity contribution in [2.45, 2.75) is 38.3 Å². The van der Waals surface area contributed by atoms with Crippen LogP contribution < -0.4 is 0 Å². The molecule has 0 aromatic heterocycles. The SMILES string of the molecule is CC1(CC2OCCCO2)OCCCO1. The van der Waals surface area contributed by atoms with E-state index in [1.165, 1.54) is 0 Å². The summed E-state index contributed by atoms with van der Waals surface area (Å²) >= 11 is 0. The van der Waals surface area contributed by atoms with Crippen molar-refractivity contribution in [1.29, 1.82) is 0 Å². The van der Waals surface area contributed by atoms with Crippen molar-refractivity contribution in [1.82, 2.24) is 0 Å². The third kappa shape index (κ3) is 2.67. The molecule has 0 amide bonds. The normalized spacial score (nSPS) is 28.9. The van der Waals surface area contributed by atoms with E-state index < -0.39 is 5.79 Å².